The predicted molar refractivity (Wildman–Crippen MR) is 149 cm³/mol. The molecule has 0 unspecified atom stereocenters. The Balaban J connectivity index is 1.60. The van der Waals surface area contributed by atoms with Gasteiger partial charge < -0.3 is 24.9 Å². The number of amides is 2. The molecule has 2 amide bonds. The molecule has 3 N–H and O–H groups in total. The summed E-state index contributed by atoms with van der Waals surface area (Å²) in [4.78, 5) is 40.3. The van der Waals surface area contributed by atoms with Crippen LogP contribution >= 0.6 is 0 Å². The predicted octanol–water partition coefficient (Wildman–Crippen LogP) is 4.67. The molecule has 3 aromatic carbocycles. The van der Waals surface area contributed by atoms with Gasteiger partial charge in [0.1, 0.15) is 0 Å². The molecule has 7 nitrogen and oxygen atoms in total. The minimum absolute atomic E-state index is 0.101. The van der Waals surface area contributed by atoms with Crippen molar-refractivity contribution in [2.45, 2.75) is 50.2 Å². The number of carbonyl (C=O) groups is 2. The van der Waals surface area contributed by atoms with Gasteiger partial charge in [-0.3, -0.25) is 9.59 Å². The minimum atomic E-state index is -2.79. The number of nitrogens with one attached hydrogen (secondary N) is 1. The smallest absolute Gasteiger partial charge is 0.264 e. The topological polar surface area (TPSA) is 99.1 Å². The second-order valence-corrected chi connectivity index (χ2v) is 14.8. The highest BCUT2D eigenvalue weighted by Gasteiger charge is 2.66. The van der Waals surface area contributed by atoms with Crippen LogP contribution in [0.2, 0.25) is 18.6 Å². The SMILES string of the molecule is C[C@@H]1[C@@H]([Si](C)(C)O)[C@H](CCO)O[C@@]12C(=O)N(Cc1ccccc1)c1ccc(NC(=O)c3ccccc3)cc12. The first-order valence-corrected chi connectivity index (χ1v) is 16.1. The molecule has 8 heteroatoms. The van der Waals surface area contributed by atoms with Gasteiger partial charge in [0, 0.05) is 34.9 Å². The Bertz CT molecular complexity index is 1330. The van der Waals surface area contributed by atoms with Crippen molar-refractivity contribution in [2.24, 2.45) is 5.92 Å². The van der Waals surface area contributed by atoms with Gasteiger partial charge in [0.2, 0.25) is 0 Å². The Kier molecular flexibility index (Phi) is 7.00. The molecule has 2 aliphatic heterocycles. The van der Waals surface area contributed by atoms with Crippen molar-refractivity contribution in [3.05, 3.63) is 95.6 Å². The minimum Gasteiger partial charge on any atom is -0.432 e. The molecule has 4 atom stereocenters. The summed E-state index contributed by atoms with van der Waals surface area (Å²) < 4.78 is 6.66. The molecule has 0 radical (unpaired) electrons. The van der Waals surface area contributed by atoms with E-state index in [2.05, 4.69) is 5.32 Å². The van der Waals surface area contributed by atoms with E-state index in [0.29, 0.717) is 29.8 Å². The van der Waals surface area contributed by atoms with Crippen LogP contribution in [0, 0.1) is 5.92 Å². The van der Waals surface area contributed by atoms with Gasteiger partial charge in [0.05, 0.1) is 18.3 Å². The Morgan fingerprint density at radius 2 is 1.71 bits per heavy atom. The molecule has 0 aliphatic carbocycles. The van der Waals surface area contributed by atoms with Crippen molar-refractivity contribution < 1.29 is 24.2 Å². The fourth-order valence-corrected chi connectivity index (χ4v) is 8.87. The van der Waals surface area contributed by atoms with E-state index >= 15 is 0 Å². The van der Waals surface area contributed by atoms with Gasteiger partial charge in [-0.05, 0) is 55.4 Å². The van der Waals surface area contributed by atoms with Crippen LogP contribution in [0.15, 0.2) is 78.9 Å². The van der Waals surface area contributed by atoms with Gasteiger partial charge in [-0.25, -0.2) is 0 Å². The molecule has 38 heavy (non-hydrogen) atoms. The van der Waals surface area contributed by atoms with Crippen LogP contribution < -0.4 is 10.2 Å². The number of rotatable bonds is 7. The van der Waals surface area contributed by atoms with E-state index in [9.17, 15) is 19.5 Å². The molecule has 1 fully saturated rings. The highest BCUT2D eigenvalue weighted by Crippen LogP contribution is 2.60. The van der Waals surface area contributed by atoms with E-state index in [1.165, 1.54) is 0 Å². The first-order valence-electron chi connectivity index (χ1n) is 13.0. The third-order valence-electron chi connectivity index (χ3n) is 7.87. The maximum Gasteiger partial charge on any atom is 0.264 e. The van der Waals surface area contributed by atoms with Crippen LogP contribution in [-0.4, -0.2) is 42.7 Å². The fourth-order valence-electron chi connectivity index (χ4n) is 6.27. The van der Waals surface area contributed by atoms with Gasteiger partial charge in [0.25, 0.3) is 11.8 Å². The summed E-state index contributed by atoms with van der Waals surface area (Å²) in [5, 5.41) is 12.8. The fraction of sp³-hybridized carbons (Fsp3) is 0.333. The summed E-state index contributed by atoms with van der Waals surface area (Å²) in [6.07, 6.45) is -0.128. The normalized spacial score (nSPS) is 24.6. The number of anilines is 2. The molecule has 1 spiro atoms. The van der Waals surface area contributed by atoms with E-state index in [0.717, 1.165) is 11.3 Å². The van der Waals surface area contributed by atoms with Gasteiger partial charge >= 0.3 is 0 Å². The summed E-state index contributed by atoms with van der Waals surface area (Å²) in [6.45, 7) is 5.96. The van der Waals surface area contributed by atoms with Crippen molar-refractivity contribution in [3.63, 3.8) is 0 Å². The standard InChI is InChI=1S/C30H34N2O5Si/c1-20-27(38(2,3)36)26(16-17-33)37-30(20)24-18-23(31-28(34)22-12-8-5-9-13-22)14-15-25(24)32(29(30)35)19-21-10-6-4-7-11-21/h4-15,18,20,26-27,33,36H,16-17,19H2,1-3H3,(H,31,34)/t20-,26+,27-,30+/m1/s1. The highest BCUT2D eigenvalue weighted by atomic mass is 28.4. The number of ether oxygens (including phenoxy) is 1. The Morgan fingerprint density at radius 1 is 1.05 bits per heavy atom. The lowest BCUT2D eigenvalue weighted by molar-refractivity contribution is -0.146. The number of benzene rings is 3. The van der Waals surface area contributed by atoms with Gasteiger partial charge in [-0.1, -0.05) is 55.5 Å². The first-order chi connectivity index (χ1) is 18.2. The molecule has 2 heterocycles. The number of fused-ring (bicyclic) bond motifs is 2. The zero-order valence-electron chi connectivity index (χ0n) is 21.9. The third kappa shape index (κ3) is 4.47. The van der Waals surface area contributed by atoms with Crippen LogP contribution in [0.25, 0.3) is 0 Å². The molecule has 3 aromatic rings. The summed E-state index contributed by atoms with van der Waals surface area (Å²) in [5.41, 5.74) is 1.90. The molecule has 0 bridgehead atoms. The summed E-state index contributed by atoms with van der Waals surface area (Å²) in [6, 6.07) is 24.2. The van der Waals surface area contributed by atoms with Crippen LogP contribution in [0.3, 0.4) is 0 Å². The van der Waals surface area contributed by atoms with Crippen LogP contribution in [0.1, 0.15) is 34.8 Å². The lowest BCUT2D eigenvalue weighted by Crippen LogP contribution is -2.46. The number of aliphatic hydroxyl groups is 1. The van der Waals surface area contributed by atoms with Crippen molar-refractivity contribution in [1.29, 1.82) is 0 Å². The van der Waals surface area contributed by atoms with E-state index in [1.807, 2.05) is 80.7 Å². The first kappa shape index (κ1) is 26.3. The molecular weight excluding hydrogens is 496 g/mol. The highest BCUT2D eigenvalue weighted by molar-refractivity contribution is 6.71. The number of carbonyl (C=O) groups excluding carboxylic acids is 2. The molecule has 1 saturated heterocycles. The lowest BCUT2D eigenvalue weighted by atomic mass is 9.82. The Hall–Kier alpha value is -3.30. The van der Waals surface area contributed by atoms with Crippen LogP contribution in [0.5, 0.6) is 0 Å². The summed E-state index contributed by atoms with van der Waals surface area (Å²) in [5.74, 6) is -0.762. The average molecular weight is 531 g/mol. The van der Waals surface area contributed by atoms with Crippen molar-refractivity contribution in [2.75, 3.05) is 16.8 Å². The van der Waals surface area contributed by atoms with Gasteiger partial charge in [0.15, 0.2) is 13.9 Å². The largest absolute Gasteiger partial charge is 0.432 e. The second kappa shape index (κ2) is 10.1. The zero-order valence-corrected chi connectivity index (χ0v) is 22.9. The quantitative estimate of drug-likeness (QED) is 0.386. The zero-order chi connectivity index (χ0) is 27.1. The molecule has 2 aliphatic rings. The Labute approximate surface area is 224 Å². The second-order valence-electron chi connectivity index (χ2n) is 10.8. The number of hydrogen-bond acceptors (Lipinski definition) is 5. The van der Waals surface area contributed by atoms with Crippen LogP contribution in [-0.2, 0) is 21.7 Å². The molecule has 0 saturated carbocycles. The third-order valence-corrected chi connectivity index (χ3v) is 10.4. The number of nitrogens with zero attached hydrogens (tertiary/aromatic N) is 1. The Morgan fingerprint density at radius 3 is 2.34 bits per heavy atom. The molecule has 5 rings (SSSR count). The summed E-state index contributed by atoms with van der Waals surface area (Å²) in [7, 11) is -2.79. The maximum atomic E-state index is 14.4. The van der Waals surface area contributed by atoms with Crippen molar-refractivity contribution >= 4 is 31.5 Å². The van der Waals surface area contributed by atoms with E-state index < -0.39 is 20.0 Å². The molecular formula is C30H34N2O5Si. The van der Waals surface area contributed by atoms with Gasteiger partial charge in [-0.15, -0.1) is 0 Å². The number of aliphatic hydroxyl groups excluding tert-OH is 1. The summed E-state index contributed by atoms with van der Waals surface area (Å²) >= 11 is 0. The van der Waals surface area contributed by atoms with E-state index in [-0.39, 0.29) is 29.9 Å². The monoisotopic (exact) mass is 530 g/mol. The number of hydrogen-bond donors (Lipinski definition) is 3. The maximum absolute atomic E-state index is 14.4. The molecule has 0 aromatic heterocycles. The van der Waals surface area contributed by atoms with Crippen LogP contribution in [0.4, 0.5) is 11.4 Å². The average Bonchev–Trinajstić information content (AvgIpc) is 3.32. The van der Waals surface area contributed by atoms with Crippen molar-refractivity contribution in [3.8, 4) is 0 Å². The van der Waals surface area contributed by atoms with E-state index in [4.69, 9.17) is 4.74 Å². The molecule has 198 valence electrons. The van der Waals surface area contributed by atoms with Crippen molar-refractivity contribution in [1.82, 2.24) is 0 Å². The van der Waals surface area contributed by atoms with Gasteiger partial charge in [-0.2, -0.15) is 0 Å². The lowest BCUT2D eigenvalue weighted by Gasteiger charge is -2.32. The van der Waals surface area contributed by atoms with E-state index in [1.54, 1.807) is 23.1 Å².